The minimum Gasteiger partial charge on any atom is -0.468 e. The maximum absolute atomic E-state index is 12.2. The number of carbonyl (C=O) groups excluding carboxylic acids is 4. The van der Waals surface area contributed by atoms with Crippen molar-refractivity contribution >= 4 is 24.1 Å². The van der Waals surface area contributed by atoms with Gasteiger partial charge in [-0.25, -0.2) is 4.79 Å². The lowest BCUT2D eigenvalue weighted by molar-refractivity contribution is -0.143. The molecule has 0 aliphatic carbocycles. The highest BCUT2D eigenvalue weighted by Crippen LogP contribution is 2.29. The number of hydrogen-bond donors (Lipinski definition) is 1. The Balaban J connectivity index is 2.70. The van der Waals surface area contributed by atoms with E-state index >= 15 is 0 Å². The van der Waals surface area contributed by atoms with Gasteiger partial charge in [-0.05, 0) is 36.5 Å². The maximum Gasteiger partial charge on any atom is 0.508 e. The summed E-state index contributed by atoms with van der Waals surface area (Å²) in [5, 5.41) is 2.96. The molecule has 1 aromatic rings. The summed E-state index contributed by atoms with van der Waals surface area (Å²) < 4.78 is 24.9. The number of rotatable bonds is 12. The van der Waals surface area contributed by atoms with Crippen LogP contribution in [0.25, 0.3) is 0 Å². The van der Waals surface area contributed by atoms with E-state index < -0.39 is 30.1 Å². The van der Waals surface area contributed by atoms with Crippen molar-refractivity contribution in [2.24, 2.45) is 5.92 Å². The predicted molar refractivity (Wildman–Crippen MR) is 113 cm³/mol. The first-order chi connectivity index (χ1) is 15.1. The summed E-state index contributed by atoms with van der Waals surface area (Å²) in [4.78, 5) is 46.3. The van der Waals surface area contributed by atoms with Crippen LogP contribution in [0.1, 0.15) is 39.7 Å². The van der Waals surface area contributed by atoms with Crippen molar-refractivity contribution in [1.82, 2.24) is 5.32 Å². The molecule has 0 aromatic heterocycles. The van der Waals surface area contributed by atoms with E-state index in [4.69, 9.17) is 23.7 Å². The fourth-order valence-corrected chi connectivity index (χ4v) is 2.56. The topological polar surface area (TPSA) is 126 Å². The summed E-state index contributed by atoms with van der Waals surface area (Å²) in [7, 11) is 1.26. The van der Waals surface area contributed by atoms with E-state index in [0.29, 0.717) is 11.5 Å². The van der Waals surface area contributed by atoms with Crippen LogP contribution in [-0.2, 0) is 35.0 Å². The van der Waals surface area contributed by atoms with Crippen LogP contribution in [0.4, 0.5) is 4.79 Å². The summed E-state index contributed by atoms with van der Waals surface area (Å²) in [6.07, 6.45) is 0.151. The molecule has 1 rings (SSSR count). The number of methoxy groups -OCH3 is 1. The molecule has 0 unspecified atom stereocenters. The van der Waals surface area contributed by atoms with Gasteiger partial charge < -0.3 is 29.0 Å². The zero-order valence-corrected chi connectivity index (χ0v) is 19.1. The van der Waals surface area contributed by atoms with Crippen LogP contribution in [0, 0.1) is 5.92 Å². The molecule has 1 atom stereocenters. The van der Waals surface area contributed by atoms with Crippen LogP contribution in [0.3, 0.4) is 0 Å². The summed E-state index contributed by atoms with van der Waals surface area (Å²) in [5.41, 5.74) is 0.620. The van der Waals surface area contributed by atoms with Gasteiger partial charge in [0, 0.05) is 20.4 Å². The second kappa shape index (κ2) is 14.0. The monoisotopic (exact) mass is 453 g/mol. The molecule has 0 bridgehead atoms. The molecule has 1 aromatic carbocycles. The van der Waals surface area contributed by atoms with Gasteiger partial charge >= 0.3 is 24.1 Å². The molecule has 0 fully saturated rings. The fourth-order valence-electron chi connectivity index (χ4n) is 2.56. The van der Waals surface area contributed by atoms with Gasteiger partial charge in [0.1, 0.15) is 12.6 Å². The van der Waals surface area contributed by atoms with Crippen LogP contribution >= 0.6 is 0 Å². The Labute approximate surface area is 187 Å². The molecule has 10 nitrogen and oxygen atoms in total. The van der Waals surface area contributed by atoms with E-state index in [1.165, 1.54) is 33.1 Å². The largest absolute Gasteiger partial charge is 0.508 e. The van der Waals surface area contributed by atoms with Crippen molar-refractivity contribution in [2.45, 2.75) is 46.6 Å². The van der Waals surface area contributed by atoms with Gasteiger partial charge in [-0.3, -0.25) is 14.4 Å². The maximum atomic E-state index is 12.2. The first kappa shape index (κ1) is 26.9. The lowest BCUT2D eigenvalue weighted by Gasteiger charge is -2.17. The number of benzene rings is 1. The third-order valence-electron chi connectivity index (χ3n) is 4.07. The summed E-state index contributed by atoms with van der Waals surface area (Å²) in [5.74, 6) is -1.12. The Kier molecular flexibility index (Phi) is 11.8. The standard InChI is InChI=1S/C22H31NO9/c1-14(2)8-10-29-22(27)30-11-9-23-18(21(26)28-5)12-17-6-7-19(31-15(3)24)20(13-17)32-16(4)25/h6-7,13-14,18,23H,8-12H2,1-5H3/t18-/m0/s1. The van der Waals surface area contributed by atoms with Crippen molar-refractivity contribution in [3.8, 4) is 11.5 Å². The van der Waals surface area contributed by atoms with Gasteiger partial charge in [0.2, 0.25) is 0 Å². The van der Waals surface area contributed by atoms with Crippen molar-refractivity contribution in [1.29, 1.82) is 0 Å². The fraction of sp³-hybridized carbons (Fsp3) is 0.545. The second-order valence-electron chi connectivity index (χ2n) is 7.33. The molecule has 0 radical (unpaired) electrons. The number of esters is 3. The van der Waals surface area contributed by atoms with Crippen LogP contribution in [0.5, 0.6) is 11.5 Å². The summed E-state index contributed by atoms with van der Waals surface area (Å²) in [6.45, 7) is 6.94. The first-order valence-corrected chi connectivity index (χ1v) is 10.2. The quantitative estimate of drug-likeness (QED) is 0.286. The van der Waals surface area contributed by atoms with Gasteiger partial charge in [0.25, 0.3) is 0 Å². The van der Waals surface area contributed by atoms with Crippen molar-refractivity contribution in [2.75, 3.05) is 26.9 Å². The summed E-state index contributed by atoms with van der Waals surface area (Å²) >= 11 is 0. The molecule has 10 heteroatoms. The molecule has 1 N–H and O–H groups in total. The third kappa shape index (κ3) is 10.8. The second-order valence-corrected chi connectivity index (χ2v) is 7.33. The van der Waals surface area contributed by atoms with Crippen LogP contribution in [0.15, 0.2) is 18.2 Å². The number of ether oxygens (including phenoxy) is 5. The average molecular weight is 453 g/mol. The van der Waals surface area contributed by atoms with Crippen LogP contribution < -0.4 is 14.8 Å². The smallest absolute Gasteiger partial charge is 0.468 e. The van der Waals surface area contributed by atoms with E-state index in [2.05, 4.69) is 5.32 Å². The zero-order valence-electron chi connectivity index (χ0n) is 19.1. The molecule has 0 saturated heterocycles. The minimum atomic E-state index is -0.769. The van der Waals surface area contributed by atoms with Crippen LogP contribution in [-0.4, -0.2) is 57.0 Å². The van der Waals surface area contributed by atoms with Crippen molar-refractivity contribution in [3.05, 3.63) is 23.8 Å². The highest BCUT2D eigenvalue weighted by atomic mass is 16.7. The van der Waals surface area contributed by atoms with Gasteiger partial charge in [0.15, 0.2) is 11.5 Å². The normalized spacial score (nSPS) is 11.4. The molecule has 0 aliphatic heterocycles. The minimum absolute atomic E-state index is 0.00189. The third-order valence-corrected chi connectivity index (χ3v) is 4.07. The Morgan fingerprint density at radius 1 is 0.938 bits per heavy atom. The van der Waals surface area contributed by atoms with Gasteiger partial charge in [0.05, 0.1) is 13.7 Å². The highest BCUT2D eigenvalue weighted by molar-refractivity contribution is 5.76. The molecule has 0 spiro atoms. The SMILES string of the molecule is COC(=O)[C@H](Cc1ccc(OC(C)=O)c(OC(C)=O)c1)NCCOC(=O)OCCC(C)C. The molecule has 178 valence electrons. The molecule has 0 saturated carbocycles. The van der Waals surface area contributed by atoms with Crippen molar-refractivity contribution in [3.63, 3.8) is 0 Å². The molecule has 32 heavy (non-hydrogen) atoms. The summed E-state index contributed by atoms with van der Waals surface area (Å²) in [6, 6.07) is 3.84. The van der Waals surface area contributed by atoms with E-state index in [0.717, 1.165) is 6.42 Å². The molecular formula is C22H31NO9. The number of nitrogens with one attached hydrogen (secondary N) is 1. The molecule has 0 heterocycles. The Morgan fingerprint density at radius 3 is 2.16 bits per heavy atom. The van der Waals surface area contributed by atoms with E-state index in [-0.39, 0.29) is 37.7 Å². The van der Waals surface area contributed by atoms with Crippen LogP contribution in [0.2, 0.25) is 0 Å². The average Bonchev–Trinajstić information content (AvgIpc) is 2.70. The Hall–Kier alpha value is -3.14. The first-order valence-electron chi connectivity index (χ1n) is 10.2. The van der Waals surface area contributed by atoms with Crippen molar-refractivity contribution < 1.29 is 42.9 Å². The van der Waals surface area contributed by atoms with E-state index in [1.807, 2.05) is 13.8 Å². The van der Waals surface area contributed by atoms with Gasteiger partial charge in [-0.1, -0.05) is 19.9 Å². The Bertz CT molecular complexity index is 792. The predicted octanol–water partition coefficient (Wildman–Crippen LogP) is 2.41. The van der Waals surface area contributed by atoms with E-state index in [9.17, 15) is 19.2 Å². The number of hydrogen-bond acceptors (Lipinski definition) is 10. The molecule has 0 amide bonds. The zero-order chi connectivity index (χ0) is 24.1. The van der Waals surface area contributed by atoms with E-state index in [1.54, 1.807) is 6.07 Å². The van der Waals surface area contributed by atoms with Gasteiger partial charge in [-0.15, -0.1) is 0 Å². The molecule has 0 aliphatic rings. The molecular weight excluding hydrogens is 422 g/mol. The lowest BCUT2D eigenvalue weighted by atomic mass is 10.1. The Morgan fingerprint density at radius 2 is 1.56 bits per heavy atom. The highest BCUT2D eigenvalue weighted by Gasteiger charge is 2.21. The van der Waals surface area contributed by atoms with Gasteiger partial charge in [-0.2, -0.15) is 0 Å². The number of carbonyl (C=O) groups is 4. The lowest BCUT2D eigenvalue weighted by Crippen LogP contribution is -2.41.